The summed E-state index contributed by atoms with van der Waals surface area (Å²) in [5.74, 6) is -0.998. The summed E-state index contributed by atoms with van der Waals surface area (Å²) in [7, 11) is 1.70. The summed E-state index contributed by atoms with van der Waals surface area (Å²) in [6.07, 6.45) is 1.57. The fraction of sp³-hybridized carbons (Fsp3) is 0.273. The van der Waals surface area contributed by atoms with Gasteiger partial charge >= 0.3 is 5.97 Å². The highest BCUT2D eigenvalue weighted by molar-refractivity contribution is 5.94. The molecule has 0 N–H and O–H groups in total. The number of benzene rings is 1. The standard InChI is InChI=1S/C11H11FN2O2/c1-3-16-11(15)7-4-9(12)8-6-14(2)13-10(8)5-7/h4-6H,3H2,1-2H3. The number of rotatable bonds is 2. The maximum Gasteiger partial charge on any atom is 0.338 e. The van der Waals surface area contributed by atoms with Gasteiger partial charge in [-0.1, -0.05) is 0 Å². The molecule has 0 spiro atoms. The molecule has 4 nitrogen and oxygen atoms in total. The normalized spacial score (nSPS) is 10.7. The molecule has 1 aromatic carbocycles. The number of halogens is 1. The predicted molar refractivity (Wildman–Crippen MR) is 56.6 cm³/mol. The number of nitrogens with zero attached hydrogens (tertiary/aromatic N) is 2. The highest BCUT2D eigenvalue weighted by atomic mass is 19.1. The van der Waals surface area contributed by atoms with Crippen LogP contribution in [0.4, 0.5) is 4.39 Å². The number of carbonyl (C=O) groups excluding carboxylic acids is 1. The molecule has 84 valence electrons. The molecule has 1 aromatic heterocycles. The lowest BCUT2D eigenvalue weighted by Crippen LogP contribution is -2.04. The minimum Gasteiger partial charge on any atom is -0.462 e. The van der Waals surface area contributed by atoms with Crippen molar-refractivity contribution in [2.75, 3.05) is 6.61 Å². The van der Waals surface area contributed by atoms with Gasteiger partial charge in [-0.05, 0) is 19.1 Å². The molecule has 2 rings (SSSR count). The number of ether oxygens (including phenoxy) is 1. The van der Waals surface area contributed by atoms with Crippen LogP contribution in [0.1, 0.15) is 17.3 Å². The maximum atomic E-state index is 13.6. The quantitative estimate of drug-likeness (QED) is 0.729. The van der Waals surface area contributed by atoms with Crippen LogP contribution in [-0.2, 0) is 11.8 Å². The second-order valence-corrected chi connectivity index (χ2v) is 3.41. The third-order valence-corrected chi connectivity index (χ3v) is 2.20. The van der Waals surface area contributed by atoms with Crippen molar-refractivity contribution in [2.24, 2.45) is 7.05 Å². The van der Waals surface area contributed by atoms with E-state index in [2.05, 4.69) is 5.10 Å². The Morgan fingerprint density at radius 1 is 1.56 bits per heavy atom. The molecular formula is C11H11FN2O2. The van der Waals surface area contributed by atoms with Gasteiger partial charge in [-0.15, -0.1) is 0 Å². The second kappa shape index (κ2) is 3.92. The monoisotopic (exact) mass is 222 g/mol. The van der Waals surface area contributed by atoms with Crippen molar-refractivity contribution in [3.8, 4) is 0 Å². The zero-order chi connectivity index (χ0) is 11.7. The number of aromatic nitrogens is 2. The van der Waals surface area contributed by atoms with Crippen molar-refractivity contribution in [1.29, 1.82) is 0 Å². The summed E-state index contributed by atoms with van der Waals surface area (Å²) in [6.45, 7) is 1.97. The van der Waals surface area contributed by atoms with Gasteiger partial charge in [0, 0.05) is 13.2 Å². The summed E-state index contributed by atoms with van der Waals surface area (Å²) < 4.78 is 19.9. The van der Waals surface area contributed by atoms with E-state index >= 15 is 0 Å². The Morgan fingerprint density at radius 3 is 3.00 bits per heavy atom. The lowest BCUT2D eigenvalue weighted by Gasteiger charge is -2.01. The first-order valence-corrected chi connectivity index (χ1v) is 4.92. The van der Waals surface area contributed by atoms with E-state index in [0.717, 1.165) is 0 Å². The Hall–Kier alpha value is -1.91. The molecule has 0 atom stereocenters. The Kier molecular flexibility index (Phi) is 2.60. The molecule has 2 aromatic rings. The van der Waals surface area contributed by atoms with Crippen LogP contribution in [0.15, 0.2) is 18.3 Å². The lowest BCUT2D eigenvalue weighted by atomic mass is 10.1. The Labute approximate surface area is 91.6 Å². The van der Waals surface area contributed by atoms with Crippen molar-refractivity contribution in [1.82, 2.24) is 9.78 Å². The highest BCUT2D eigenvalue weighted by Crippen LogP contribution is 2.19. The molecule has 0 bridgehead atoms. The Balaban J connectivity index is 2.53. The average Bonchev–Trinajstić information content (AvgIpc) is 2.59. The third-order valence-electron chi connectivity index (χ3n) is 2.20. The summed E-state index contributed by atoms with van der Waals surface area (Å²) in [4.78, 5) is 11.4. The second-order valence-electron chi connectivity index (χ2n) is 3.41. The number of hydrogen-bond donors (Lipinski definition) is 0. The average molecular weight is 222 g/mol. The van der Waals surface area contributed by atoms with Gasteiger partial charge in [0.2, 0.25) is 0 Å². The Morgan fingerprint density at radius 2 is 2.31 bits per heavy atom. The topological polar surface area (TPSA) is 44.1 Å². The van der Waals surface area contributed by atoms with Crippen LogP contribution in [0.3, 0.4) is 0 Å². The van der Waals surface area contributed by atoms with E-state index in [-0.39, 0.29) is 12.2 Å². The van der Waals surface area contributed by atoms with Crippen molar-refractivity contribution >= 4 is 16.9 Å². The number of fused-ring (bicyclic) bond motifs is 1. The molecule has 0 radical (unpaired) electrons. The molecule has 0 unspecified atom stereocenters. The van der Waals surface area contributed by atoms with Gasteiger partial charge in [-0.3, -0.25) is 4.68 Å². The first kappa shape index (κ1) is 10.6. The van der Waals surface area contributed by atoms with E-state index in [9.17, 15) is 9.18 Å². The molecule has 16 heavy (non-hydrogen) atoms. The largest absolute Gasteiger partial charge is 0.462 e. The summed E-state index contributed by atoms with van der Waals surface area (Å²) in [5.41, 5.74) is 0.635. The first-order valence-electron chi connectivity index (χ1n) is 4.92. The molecule has 0 amide bonds. The van der Waals surface area contributed by atoms with Crippen LogP contribution < -0.4 is 0 Å². The van der Waals surface area contributed by atoms with E-state index in [4.69, 9.17) is 4.74 Å². The SMILES string of the molecule is CCOC(=O)c1cc(F)c2cn(C)nc2c1. The van der Waals surface area contributed by atoms with Crippen molar-refractivity contribution in [3.63, 3.8) is 0 Å². The summed E-state index contributed by atoms with van der Waals surface area (Å²) in [6, 6.07) is 2.69. The van der Waals surface area contributed by atoms with Gasteiger partial charge in [-0.2, -0.15) is 5.10 Å². The molecular weight excluding hydrogens is 211 g/mol. The fourth-order valence-corrected chi connectivity index (χ4v) is 1.53. The minimum atomic E-state index is -0.533. The van der Waals surface area contributed by atoms with Crippen LogP contribution in [-0.4, -0.2) is 22.4 Å². The molecule has 0 aliphatic heterocycles. The van der Waals surface area contributed by atoms with Crippen LogP contribution in [0, 0.1) is 5.82 Å². The number of aryl methyl sites for hydroxylation is 1. The van der Waals surface area contributed by atoms with Gasteiger partial charge < -0.3 is 4.74 Å². The third kappa shape index (κ3) is 1.76. The van der Waals surface area contributed by atoms with Crippen LogP contribution in [0.25, 0.3) is 10.9 Å². The van der Waals surface area contributed by atoms with Gasteiger partial charge in [0.25, 0.3) is 0 Å². The highest BCUT2D eigenvalue weighted by Gasteiger charge is 2.12. The fourth-order valence-electron chi connectivity index (χ4n) is 1.53. The van der Waals surface area contributed by atoms with Crippen molar-refractivity contribution in [2.45, 2.75) is 6.92 Å². The van der Waals surface area contributed by atoms with Crippen LogP contribution in [0.5, 0.6) is 0 Å². The number of hydrogen-bond acceptors (Lipinski definition) is 3. The molecule has 0 aliphatic carbocycles. The zero-order valence-electron chi connectivity index (χ0n) is 9.03. The van der Waals surface area contributed by atoms with Gasteiger partial charge in [0.15, 0.2) is 0 Å². The smallest absolute Gasteiger partial charge is 0.338 e. The van der Waals surface area contributed by atoms with Crippen molar-refractivity contribution in [3.05, 3.63) is 29.7 Å². The summed E-state index contributed by atoms with van der Waals surface area (Å²) in [5, 5.41) is 4.44. The number of esters is 1. The van der Waals surface area contributed by atoms with Gasteiger partial charge in [0.05, 0.1) is 23.1 Å². The lowest BCUT2D eigenvalue weighted by molar-refractivity contribution is 0.0526. The van der Waals surface area contributed by atoms with E-state index < -0.39 is 11.8 Å². The Bertz CT molecular complexity index is 548. The van der Waals surface area contributed by atoms with E-state index in [1.807, 2.05) is 0 Å². The molecule has 0 saturated carbocycles. The van der Waals surface area contributed by atoms with Gasteiger partial charge in [0.1, 0.15) is 5.82 Å². The van der Waals surface area contributed by atoms with Crippen molar-refractivity contribution < 1.29 is 13.9 Å². The van der Waals surface area contributed by atoms with E-state index in [0.29, 0.717) is 10.9 Å². The number of carbonyl (C=O) groups is 1. The minimum absolute atomic E-state index is 0.186. The molecule has 0 aliphatic rings. The van der Waals surface area contributed by atoms with E-state index in [1.165, 1.54) is 16.8 Å². The van der Waals surface area contributed by atoms with Gasteiger partial charge in [-0.25, -0.2) is 9.18 Å². The maximum absolute atomic E-state index is 13.6. The summed E-state index contributed by atoms with van der Waals surface area (Å²) >= 11 is 0. The van der Waals surface area contributed by atoms with Crippen LogP contribution >= 0.6 is 0 Å². The molecule has 5 heteroatoms. The first-order chi connectivity index (χ1) is 7.61. The van der Waals surface area contributed by atoms with Crippen LogP contribution in [0.2, 0.25) is 0 Å². The predicted octanol–water partition coefficient (Wildman–Crippen LogP) is 1.89. The molecule has 0 saturated heterocycles. The zero-order valence-corrected chi connectivity index (χ0v) is 9.03. The molecule has 1 heterocycles. The molecule has 0 fully saturated rings. The van der Waals surface area contributed by atoms with E-state index in [1.54, 1.807) is 20.2 Å².